The Hall–Kier alpha value is -2.72. The molecule has 1 atom stereocenters. The fourth-order valence-electron chi connectivity index (χ4n) is 2.48. The predicted octanol–water partition coefficient (Wildman–Crippen LogP) is 1.15. The van der Waals surface area contributed by atoms with E-state index < -0.39 is 11.9 Å². The third kappa shape index (κ3) is 5.38. The first-order valence-corrected chi connectivity index (χ1v) is 9.26. The zero-order valence-corrected chi connectivity index (χ0v) is 16.3. The molecule has 2 amide bonds. The summed E-state index contributed by atoms with van der Waals surface area (Å²) in [5.74, 6) is -1.60. The monoisotopic (exact) mass is 393 g/mol. The summed E-state index contributed by atoms with van der Waals surface area (Å²) in [5, 5.41) is 10.1. The van der Waals surface area contributed by atoms with Gasteiger partial charge in [-0.1, -0.05) is 0 Å². The molecule has 27 heavy (non-hydrogen) atoms. The van der Waals surface area contributed by atoms with E-state index in [0.29, 0.717) is 12.1 Å². The van der Waals surface area contributed by atoms with E-state index in [2.05, 4.69) is 15.7 Å². The number of hydrogen-bond donors (Lipinski definition) is 3. The van der Waals surface area contributed by atoms with Crippen LogP contribution in [0.2, 0.25) is 0 Å². The normalized spacial score (nSPS) is 11.8. The van der Waals surface area contributed by atoms with E-state index in [0.717, 1.165) is 11.3 Å². The van der Waals surface area contributed by atoms with Gasteiger partial charge in [0.15, 0.2) is 0 Å². The fourth-order valence-corrected chi connectivity index (χ4v) is 3.54. The van der Waals surface area contributed by atoms with Gasteiger partial charge in [0, 0.05) is 18.4 Å². The largest absolute Gasteiger partial charge is 0.462 e. The second-order valence-electron chi connectivity index (χ2n) is 5.90. The first kappa shape index (κ1) is 20.6. The molecular weight excluding hydrogens is 370 g/mol. The minimum absolute atomic E-state index is 0.00595. The van der Waals surface area contributed by atoms with Crippen LogP contribution in [0.15, 0.2) is 18.5 Å². The summed E-state index contributed by atoms with van der Waals surface area (Å²) >= 11 is 0.966. The van der Waals surface area contributed by atoms with Gasteiger partial charge in [0.2, 0.25) is 5.91 Å². The third-order valence-corrected chi connectivity index (χ3v) is 4.96. The van der Waals surface area contributed by atoms with Crippen molar-refractivity contribution >= 4 is 34.1 Å². The van der Waals surface area contributed by atoms with Crippen molar-refractivity contribution in [2.75, 3.05) is 18.5 Å². The zero-order valence-electron chi connectivity index (χ0n) is 15.4. The third-order valence-electron chi connectivity index (χ3n) is 3.73. The maximum Gasteiger partial charge on any atom is 0.341 e. The van der Waals surface area contributed by atoms with E-state index in [-0.39, 0.29) is 40.5 Å². The second kappa shape index (κ2) is 9.28. The molecule has 0 aliphatic carbocycles. The number of nitrogens with zero attached hydrogens (tertiary/aromatic N) is 2. The van der Waals surface area contributed by atoms with Gasteiger partial charge in [-0.3, -0.25) is 14.3 Å². The fraction of sp³-hybridized carbons (Fsp3) is 0.412. The van der Waals surface area contributed by atoms with Gasteiger partial charge in [-0.2, -0.15) is 5.10 Å². The van der Waals surface area contributed by atoms with E-state index in [1.807, 2.05) is 19.2 Å². The van der Waals surface area contributed by atoms with Crippen molar-refractivity contribution in [3.05, 3.63) is 34.5 Å². The highest BCUT2D eigenvalue weighted by Gasteiger charge is 2.25. The maximum atomic E-state index is 12.3. The Morgan fingerprint density at radius 2 is 2.15 bits per heavy atom. The summed E-state index contributed by atoms with van der Waals surface area (Å²) in [5.41, 5.74) is 5.92. The molecule has 9 nitrogen and oxygen atoms in total. The van der Waals surface area contributed by atoms with E-state index in [1.165, 1.54) is 0 Å². The van der Waals surface area contributed by atoms with E-state index in [9.17, 15) is 14.4 Å². The number of hydrogen-bond acceptors (Lipinski definition) is 7. The molecule has 2 heterocycles. The molecular formula is C17H23N5O4S. The minimum Gasteiger partial charge on any atom is -0.462 e. The highest BCUT2D eigenvalue weighted by atomic mass is 32.1. The number of primary amides is 1. The van der Waals surface area contributed by atoms with Gasteiger partial charge in [0.05, 0.1) is 30.1 Å². The standard InChI is InChI=1S/C17H23N5O4S/c1-4-26-17(25)13-11(3)14(15(18)24)27-16(13)21-12(23)8-19-10(2)9-22-7-5-6-20-22/h5-7,10,19H,4,8-9H2,1-3H3,(H2,18,24)(H,21,23). The summed E-state index contributed by atoms with van der Waals surface area (Å²) in [6.45, 7) is 6.03. The Balaban J connectivity index is 2.04. The Labute approximate surface area is 160 Å². The van der Waals surface area contributed by atoms with Crippen LogP contribution in [0.3, 0.4) is 0 Å². The molecule has 0 saturated heterocycles. The molecule has 2 aromatic heterocycles. The molecule has 0 aliphatic heterocycles. The van der Waals surface area contributed by atoms with Crippen LogP contribution in [0.1, 0.15) is 39.4 Å². The van der Waals surface area contributed by atoms with Crippen LogP contribution in [-0.2, 0) is 16.1 Å². The number of ether oxygens (including phenoxy) is 1. The lowest BCUT2D eigenvalue weighted by Crippen LogP contribution is -2.37. The molecule has 0 saturated carbocycles. The Bertz CT molecular complexity index is 816. The van der Waals surface area contributed by atoms with Crippen LogP contribution in [0.4, 0.5) is 5.00 Å². The number of nitrogens with one attached hydrogen (secondary N) is 2. The van der Waals surface area contributed by atoms with E-state index in [4.69, 9.17) is 10.5 Å². The van der Waals surface area contributed by atoms with Crippen molar-refractivity contribution in [2.24, 2.45) is 5.73 Å². The highest BCUT2D eigenvalue weighted by molar-refractivity contribution is 7.18. The van der Waals surface area contributed by atoms with Crippen LogP contribution in [0, 0.1) is 6.92 Å². The van der Waals surface area contributed by atoms with Crippen LogP contribution in [0.5, 0.6) is 0 Å². The van der Waals surface area contributed by atoms with Crippen LogP contribution < -0.4 is 16.4 Å². The number of thiophene rings is 1. The highest BCUT2D eigenvalue weighted by Crippen LogP contribution is 2.33. The molecule has 10 heteroatoms. The van der Waals surface area contributed by atoms with Gasteiger partial charge < -0.3 is 21.1 Å². The lowest BCUT2D eigenvalue weighted by atomic mass is 10.1. The molecule has 2 rings (SSSR count). The molecule has 0 fully saturated rings. The Kier molecular flexibility index (Phi) is 7.08. The molecule has 2 aromatic rings. The van der Waals surface area contributed by atoms with Crippen molar-refractivity contribution in [3.8, 4) is 0 Å². The van der Waals surface area contributed by atoms with Crippen LogP contribution in [-0.4, -0.2) is 46.8 Å². The summed E-state index contributed by atoms with van der Waals surface area (Å²) < 4.78 is 6.78. The van der Waals surface area contributed by atoms with Crippen molar-refractivity contribution < 1.29 is 19.1 Å². The molecule has 0 bridgehead atoms. The topological polar surface area (TPSA) is 128 Å². The van der Waals surface area contributed by atoms with Crippen LogP contribution >= 0.6 is 11.3 Å². The number of aromatic nitrogens is 2. The van der Waals surface area contributed by atoms with Gasteiger partial charge in [0.1, 0.15) is 5.00 Å². The maximum absolute atomic E-state index is 12.3. The molecule has 146 valence electrons. The quantitative estimate of drug-likeness (QED) is 0.548. The lowest BCUT2D eigenvalue weighted by molar-refractivity contribution is -0.115. The Morgan fingerprint density at radius 1 is 1.41 bits per heavy atom. The van der Waals surface area contributed by atoms with Crippen molar-refractivity contribution in [1.82, 2.24) is 15.1 Å². The summed E-state index contributed by atoms with van der Waals surface area (Å²) in [4.78, 5) is 36.3. The van der Waals surface area contributed by atoms with Gasteiger partial charge >= 0.3 is 5.97 Å². The molecule has 0 radical (unpaired) electrons. The summed E-state index contributed by atoms with van der Waals surface area (Å²) in [6, 6.07) is 1.83. The Morgan fingerprint density at radius 3 is 2.74 bits per heavy atom. The minimum atomic E-state index is -0.658. The zero-order chi connectivity index (χ0) is 20.0. The molecule has 0 spiro atoms. The molecule has 4 N–H and O–H groups in total. The average molecular weight is 393 g/mol. The van der Waals surface area contributed by atoms with Crippen molar-refractivity contribution in [3.63, 3.8) is 0 Å². The average Bonchev–Trinajstić information content (AvgIpc) is 3.21. The first-order chi connectivity index (χ1) is 12.8. The van der Waals surface area contributed by atoms with Gasteiger partial charge in [-0.05, 0) is 32.4 Å². The number of nitrogens with two attached hydrogens (primary N) is 1. The van der Waals surface area contributed by atoms with E-state index >= 15 is 0 Å². The smallest absolute Gasteiger partial charge is 0.341 e. The van der Waals surface area contributed by atoms with E-state index in [1.54, 1.807) is 24.7 Å². The predicted molar refractivity (Wildman–Crippen MR) is 102 cm³/mol. The number of rotatable bonds is 9. The van der Waals surface area contributed by atoms with Gasteiger partial charge in [-0.15, -0.1) is 11.3 Å². The first-order valence-electron chi connectivity index (χ1n) is 8.44. The van der Waals surface area contributed by atoms with Crippen LogP contribution in [0.25, 0.3) is 0 Å². The van der Waals surface area contributed by atoms with Crippen molar-refractivity contribution in [1.29, 1.82) is 0 Å². The number of esters is 1. The summed E-state index contributed by atoms with van der Waals surface area (Å²) in [6.07, 6.45) is 3.52. The van der Waals surface area contributed by atoms with Gasteiger partial charge in [0.25, 0.3) is 5.91 Å². The SMILES string of the molecule is CCOC(=O)c1c(NC(=O)CNC(C)Cn2cccn2)sc(C(N)=O)c1C. The number of anilines is 1. The molecule has 0 aliphatic rings. The molecule has 1 unspecified atom stereocenters. The second-order valence-corrected chi connectivity index (χ2v) is 6.92. The van der Waals surface area contributed by atoms with Gasteiger partial charge in [-0.25, -0.2) is 4.79 Å². The number of amides is 2. The molecule has 0 aromatic carbocycles. The van der Waals surface area contributed by atoms with Crippen molar-refractivity contribution in [2.45, 2.75) is 33.4 Å². The number of carbonyl (C=O) groups excluding carboxylic acids is 3. The summed E-state index contributed by atoms with van der Waals surface area (Å²) in [7, 11) is 0. The number of carbonyl (C=O) groups is 3. The lowest BCUT2D eigenvalue weighted by Gasteiger charge is -2.14.